The highest BCUT2D eigenvalue weighted by molar-refractivity contribution is 6.24. The minimum absolute atomic E-state index is 0.140. The number of carboxylic acid groups (broad SMARTS) is 1. The SMILES string of the molecule is CC(=O)c1ccc(N2C(=O)C3C(c4cccc(OC(F)(F)F)c4)NC(C(=O)O)(c4ccccc4)C3C2=O)cc1. The van der Waals surface area contributed by atoms with E-state index in [1.807, 2.05) is 0 Å². The van der Waals surface area contributed by atoms with Gasteiger partial charge in [0, 0.05) is 11.6 Å². The van der Waals surface area contributed by atoms with Crippen LogP contribution >= 0.6 is 0 Å². The molecule has 4 atom stereocenters. The molecule has 2 aliphatic rings. The quantitative estimate of drug-likeness (QED) is 0.357. The summed E-state index contributed by atoms with van der Waals surface area (Å²) in [7, 11) is 0. The number of aliphatic carboxylic acids is 1. The predicted molar refractivity (Wildman–Crippen MR) is 131 cm³/mol. The lowest BCUT2D eigenvalue weighted by atomic mass is 9.75. The largest absolute Gasteiger partial charge is 0.573 e. The van der Waals surface area contributed by atoms with Crippen molar-refractivity contribution in [3.63, 3.8) is 0 Å². The number of alkyl halides is 3. The molecule has 0 aromatic heterocycles. The molecule has 2 aliphatic heterocycles. The van der Waals surface area contributed by atoms with Gasteiger partial charge in [-0.15, -0.1) is 13.2 Å². The highest BCUT2D eigenvalue weighted by atomic mass is 19.4. The molecule has 2 amide bonds. The van der Waals surface area contributed by atoms with E-state index in [0.717, 1.165) is 17.0 Å². The van der Waals surface area contributed by atoms with Crippen molar-refractivity contribution in [2.24, 2.45) is 11.8 Å². The normalized spacial score (nSPS) is 24.5. The average molecular weight is 538 g/mol. The molecule has 0 bridgehead atoms. The van der Waals surface area contributed by atoms with Gasteiger partial charge in [-0.05, 0) is 54.4 Å². The summed E-state index contributed by atoms with van der Waals surface area (Å²) in [6, 6.07) is 17.3. The number of ketones is 1. The Morgan fingerprint density at radius 1 is 0.949 bits per heavy atom. The number of fused-ring (bicyclic) bond motifs is 1. The maximum atomic E-state index is 13.9. The molecule has 8 nitrogen and oxygen atoms in total. The van der Waals surface area contributed by atoms with Gasteiger partial charge < -0.3 is 9.84 Å². The Morgan fingerprint density at radius 3 is 2.21 bits per heavy atom. The Morgan fingerprint density at radius 2 is 1.62 bits per heavy atom. The number of hydrogen-bond donors (Lipinski definition) is 2. The molecule has 11 heteroatoms. The third-order valence-electron chi connectivity index (χ3n) is 7.11. The van der Waals surface area contributed by atoms with Crippen molar-refractivity contribution in [2.75, 3.05) is 4.90 Å². The Kier molecular flexibility index (Phi) is 6.26. The maximum Gasteiger partial charge on any atom is 0.573 e. The first-order valence-corrected chi connectivity index (χ1v) is 11.8. The zero-order chi connectivity index (χ0) is 28.1. The molecule has 200 valence electrons. The van der Waals surface area contributed by atoms with E-state index >= 15 is 0 Å². The van der Waals surface area contributed by atoms with Gasteiger partial charge in [0.05, 0.1) is 17.5 Å². The minimum atomic E-state index is -4.97. The van der Waals surface area contributed by atoms with Crippen molar-refractivity contribution >= 4 is 29.3 Å². The summed E-state index contributed by atoms with van der Waals surface area (Å²) in [6.45, 7) is 1.36. The third kappa shape index (κ3) is 4.34. The molecule has 5 rings (SSSR count). The van der Waals surface area contributed by atoms with Crippen LogP contribution in [0.4, 0.5) is 18.9 Å². The van der Waals surface area contributed by atoms with Crippen LogP contribution < -0.4 is 15.0 Å². The van der Waals surface area contributed by atoms with Crippen LogP contribution in [-0.4, -0.2) is 35.0 Å². The zero-order valence-corrected chi connectivity index (χ0v) is 20.3. The van der Waals surface area contributed by atoms with Gasteiger partial charge in [0.25, 0.3) is 0 Å². The number of ether oxygens (including phenoxy) is 1. The Balaban J connectivity index is 1.66. The molecule has 2 fully saturated rings. The van der Waals surface area contributed by atoms with Crippen LogP contribution in [-0.2, 0) is 19.9 Å². The molecule has 39 heavy (non-hydrogen) atoms. The van der Waals surface area contributed by atoms with E-state index < -0.39 is 53.3 Å². The molecule has 2 N–H and O–H groups in total. The second-order valence-corrected chi connectivity index (χ2v) is 9.34. The number of hydrogen-bond acceptors (Lipinski definition) is 6. The first-order valence-electron chi connectivity index (χ1n) is 11.8. The summed E-state index contributed by atoms with van der Waals surface area (Å²) < 4.78 is 42.7. The van der Waals surface area contributed by atoms with Gasteiger partial charge in [0.1, 0.15) is 5.75 Å². The number of carbonyl (C=O) groups is 4. The summed E-state index contributed by atoms with van der Waals surface area (Å²) in [6.07, 6.45) is -4.97. The highest BCUT2D eigenvalue weighted by Gasteiger charge is 2.69. The van der Waals surface area contributed by atoms with E-state index in [1.54, 1.807) is 18.2 Å². The fourth-order valence-corrected chi connectivity index (χ4v) is 5.49. The number of imide groups is 1. The van der Waals surface area contributed by atoms with Crippen molar-refractivity contribution in [3.8, 4) is 5.75 Å². The van der Waals surface area contributed by atoms with Crippen LogP contribution in [0.15, 0.2) is 78.9 Å². The fraction of sp³-hybridized carbons (Fsp3) is 0.214. The van der Waals surface area contributed by atoms with Crippen LogP contribution in [0.3, 0.4) is 0 Å². The van der Waals surface area contributed by atoms with Crippen LogP contribution in [0.5, 0.6) is 5.75 Å². The van der Waals surface area contributed by atoms with E-state index in [2.05, 4.69) is 10.1 Å². The molecule has 0 radical (unpaired) electrons. The minimum Gasteiger partial charge on any atom is -0.480 e. The van der Waals surface area contributed by atoms with Crippen molar-refractivity contribution in [1.29, 1.82) is 0 Å². The Labute approximate surface area is 220 Å². The highest BCUT2D eigenvalue weighted by Crippen LogP contribution is 2.54. The van der Waals surface area contributed by atoms with Crippen LogP contribution in [0.1, 0.15) is 34.5 Å². The van der Waals surface area contributed by atoms with Gasteiger partial charge in [-0.2, -0.15) is 0 Å². The van der Waals surface area contributed by atoms with Gasteiger partial charge in [-0.3, -0.25) is 19.7 Å². The van der Waals surface area contributed by atoms with Gasteiger partial charge in [-0.1, -0.05) is 42.5 Å². The summed E-state index contributed by atoms with van der Waals surface area (Å²) in [5.41, 5.74) is -1.24. The number of Topliss-reactive ketones (excluding diaryl/α,β-unsaturated/α-hetero) is 1. The number of carbonyl (C=O) groups excluding carboxylic acids is 3. The summed E-state index contributed by atoms with van der Waals surface area (Å²) in [5, 5.41) is 13.5. The van der Waals surface area contributed by atoms with Crippen LogP contribution in [0.2, 0.25) is 0 Å². The lowest BCUT2D eigenvalue weighted by molar-refractivity contribution is -0.274. The van der Waals surface area contributed by atoms with E-state index in [-0.39, 0.29) is 22.6 Å². The van der Waals surface area contributed by atoms with Gasteiger partial charge in [-0.25, -0.2) is 9.69 Å². The molecule has 0 saturated carbocycles. The molecule has 3 aromatic rings. The first-order chi connectivity index (χ1) is 18.4. The van der Waals surface area contributed by atoms with Crippen molar-refractivity contribution in [2.45, 2.75) is 24.9 Å². The number of anilines is 1. The van der Waals surface area contributed by atoms with Crippen LogP contribution in [0, 0.1) is 11.8 Å². The van der Waals surface area contributed by atoms with E-state index in [4.69, 9.17) is 0 Å². The van der Waals surface area contributed by atoms with E-state index in [0.29, 0.717) is 5.56 Å². The smallest absolute Gasteiger partial charge is 0.480 e. The summed E-state index contributed by atoms with van der Waals surface area (Å²) >= 11 is 0. The fourth-order valence-electron chi connectivity index (χ4n) is 5.49. The predicted octanol–water partition coefficient (Wildman–Crippen LogP) is 4.22. The van der Waals surface area contributed by atoms with Crippen molar-refractivity contribution < 1.29 is 42.2 Å². The number of nitrogens with zero attached hydrogens (tertiary/aromatic N) is 1. The third-order valence-corrected chi connectivity index (χ3v) is 7.11. The standard InChI is InChI=1S/C28H21F3N2O6/c1-15(34)16-10-12-19(13-11-16)33-24(35)21-22(25(33)36)27(26(37)38,18-7-3-2-4-8-18)32-23(21)17-6-5-9-20(14-17)39-28(29,30)31/h2-14,21-23,32H,1H3,(H,37,38). The molecule has 0 spiro atoms. The lowest BCUT2D eigenvalue weighted by Gasteiger charge is -2.31. The topological polar surface area (TPSA) is 113 Å². The number of amides is 2. The second kappa shape index (κ2) is 9.35. The molecule has 2 heterocycles. The first kappa shape index (κ1) is 26.1. The van der Waals surface area contributed by atoms with E-state index in [1.165, 1.54) is 55.5 Å². The average Bonchev–Trinajstić information content (AvgIpc) is 3.38. The Bertz CT molecular complexity index is 1470. The lowest BCUT2D eigenvalue weighted by Crippen LogP contribution is -2.53. The van der Waals surface area contributed by atoms with Crippen molar-refractivity contribution in [3.05, 3.63) is 95.6 Å². The molecular formula is C28H21F3N2O6. The summed E-state index contributed by atoms with van der Waals surface area (Å²) in [4.78, 5) is 53.3. The monoisotopic (exact) mass is 538 g/mol. The van der Waals surface area contributed by atoms with Gasteiger partial charge >= 0.3 is 12.3 Å². The van der Waals surface area contributed by atoms with Crippen LogP contribution in [0.25, 0.3) is 0 Å². The molecule has 4 unspecified atom stereocenters. The molecule has 3 aromatic carbocycles. The van der Waals surface area contributed by atoms with E-state index in [9.17, 15) is 37.5 Å². The zero-order valence-electron chi connectivity index (χ0n) is 20.3. The summed E-state index contributed by atoms with van der Waals surface area (Å²) in [5.74, 6) is -6.43. The van der Waals surface area contributed by atoms with Gasteiger partial charge in [0.15, 0.2) is 11.3 Å². The maximum absolute atomic E-state index is 13.9. The van der Waals surface area contributed by atoms with Crippen molar-refractivity contribution in [1.82, 2.24) is 5.32 Å². The Hall–Kier alpha value is -4.51. The van der Waals surface area contributed by atoms with Gasteiger partial charge in [0.2, 0.25) is 11.8 Å². The molecular weight excluding hydrogens is 517 g/mol. The molecule has 0 aliphatic carbocycles. The number of carboxylic acids is 1. The number of halogens is 3. The number of rotatable bonds is 6. The second-order valence-electron chi connectivity index (χ2n) is 9.34. The molecule has 2 saturated heterocycles. The number of nitrogens with one attached hydrogen (secondary N) is 1. The number of benzene rings is 3.